The Bertz CT molecular complexity index is 1360. The van der Waals surface area contributed by atoms with Crippen molar-refractivity contribution in [2.45, 2.75) is 74.5 Å². The van der Waals surface area contributed by atoms with Crippen molar-refractivity contribution in [1.29, 1.82) is 0 Å². The molecule has 2 heterocycles. The number of piperidine rings is 1. The molecule has 0 amide bonds. The summed E-state index contributed by atoms with van der Waals surface area (Å²) in [5.74, 6) is -0.0426. The average Bonchev–Trinajstić information content (AvgIpc) is 3.17. The zero-order valence-electron chi connectivity index (χ0n) is 20.8. The number of likely N-dealkylation sites (N-methyl/N-ethyl adjacent to an activating group) is 1. The molecule has 0 radical (unpaired) electrons. The summed E-state index contributed by atoms with van der Waals surface area (Å²) in [6.07, 6.45) is 1.68. The number of hydrogen-bond donors (Lipinski definition) is 2. The van der Waals surface area contributed by atoms with Crippen LogP contribution in [0.1, 0.15) is 48.4 Å². The minimum Gasteiger partial charge on any atom is -0.504 e. The van der Waals surface area contributed by atoms with Crippen LogP contribution in [0.25, 0.3) is 0 Å². The van der Waals surface area contributed by atoms with Crippen LogP contribution < -0.4 is 9.46 Å². The number of rotatable bonds is 5. The molecular formula is C27H32N2O6S. The number of benzene rings is 2. The van der Waals surface area contributed by atoms with Crippen molar-refractivity contribution in [3.05, 3.63) is 58.7 Å². The summed E-state index contributed by atoms with van der Waals surface area (Å²) >= 11 is 0. The van der Waals surface area contributed by atoms with Gasteiger partial charge < -0.3 is 14.6 Å². The van der Waals surface area contributed by atoms with Gasteiger partial charge in [0.2, 0.25) is 10.0 Å². The predicted molar refractivity (Wildman–Crippen MR) is 133 cm³/mol. The van der Waals surface area contributed by atoms with E-state index in [1.54, 1.807) is 6.07 Å². The molecule has 4 aliphatic rings. The topological polar surface area (TPSA) is 105 Å². The standard InChI is InChI=1S/C27H32N2O6S/c1-16-6-4-5-7-19(16)15-36(32,33)28-20-10-11-27(35-17(2)30)22-14-18-8-9-21(31)24-23(18)26(27,25(20)34-24)12-13-29(22)3/h4-9,20,22,25,28,31H,10-15H2,1-3H3/t20-,22+,25-,26-,27+/m0/s1. The first-order valence-corrected chi connectivity index (χ1v) is 14.2. The molecule has 1 saturated carbocycles. The third-order valence-electron chi connectivity index (χ3n) is 8.95. The van der Waals surface area contributed by atoms with Crippen LogP contribution in [0, 0.1) is 6.92 Å². The number of esters is 1. The van der Waals surface area contributed by atoms with Crippen LogP contribution in [0.2, 0.25) is 0 Å². The fourth-order valence-corrected chi connectivity index (χ4v) is 9.08. The number of carbonyl (C=O) groups is 1. The Balaban J connectivity index is 1.45. The van der Waals surface area contributed by atoms with E-state index in [1.165, 1.54) is 6.92 Å². The molecule has 0 unspecified atom stereocenters. The van der Waals surface area contributed by atoms with Gasteiger partial charge in [0, 0.05) is 12.5 Å². The minimum atomic E-state index is -3.70. The van der Waals surface area contributed by atoms with Gasteiger partial charge in [-0.05, 0) is 69.0 Å². The first-order chi connectivity index (χ1) is 17.1. The van der Waals surface area contributed by atoms with E-state index in [-0.39, 0.29) is 23.5 Å². The van der Waals surface area contributed by atoms with Gasteiger partial charge in [0.1, 0.15) is 11.7 Å². The van der Waals surface area contributed by atoms with Gasteiger partial charge in [-0.2, -0.15) is 0 Å². The molecule has 0 aromatic heterocycles. The minimum absolute atomic E-state index is 0.0353. The highest BCUT2D eigenvalue weighted by Crippen LogP contribution is 2.66. The Morgan fingerprint density at radius 1 is 1.25 bits per heavy atom. The maximum atomic E-state index is 13.4. The van der Waals surface area contributed by atoms with Crippen molar-refractivity contribution in [2.75, 3.05) is 13.6 Å². The zero-order chi connectivity index (χ0) is 25.5. The Morgan fingerprint density at radius 3 is 2.78 bits per heavy atom. The maximum absolute atomic E-state index is 13.4. The molecule has 1 spiro atoms. The fourth-order valence-electron chi connectivity index (χ4n) is 7.56. The summed E-state index contributed by atoms with van der Waals surface area (Å²) in [6.45, 7) is 4.09. The number of hydrogen-bond acceptors (Lipinski definition) is 7. The summed E-state index contributed by atoms with van der Waals surface area (Å²) in [5, 5.41) is 10.8. The van der Waals surface area contributed by atoms with Crippen molar-refractivity contribution in [3.63, 3.8) is 0 Å². The number of carbonyl (C=O) groups excluding carboxylic acids is 1. The van der Waals surface area contributed by atoms with Gasteiger partial charge in [0.25, 0.3) is 0 Å². The van der Waals surface area contributed by atoms with Gasteiger partial charge in [-0.25, -0.2) is 13.1 Å². The molecule has 8 nitrogen and oxygen atoms in total. The lowest BCUT2D eigenvalue weighted by Gasteiger charge is -2.64. The van der Waals surface area contributed by atoms with Gasteiger partial charge >= 0.3 is 5.97 Å². The number of likely N-dealkylation sites (tertiary alicyclic amines) is 1. The van der Waals surface area contributed by atoms with Crippen molar-refractivity contribution in [2.24, 2.45) is 0 Å². The van der Waals surface area contributed by atoms with E-state index in [2.05, 4.69) is 16.7 Å². The van der Waals surface area contributed by atoms with Crippen LogP contribution in [-0.4, -0.2) is 61.8 Å². The summed E-state index contributed by atoms with van der Waals surface area (Å²) in [6, 6.07) is 10.5. The zero-order valence-corrected chi connectivity index (χ0v) is 21.6. The van der Waals surface area contributed by atoms with E-state index in [0.29, 0.717) is 31.4 Å². The number of sulfonamides is 1. The highest BCUT2D eigenvalue weighted by molar-refractivity contribution is 7.88. The smallest absolute Gasteiger partial charge is 0.303 e. The number of aryl methyl sites for hydroxylation is 1. The molecule has 2 bridgehead atoms. The molecule has 5 atom stereocenters. The van der Waals surface area contributed by atoms with Crippen LogP contribution in [0.4, 0.5) is 0 Å². The van der Waals surface area contributed by atoms with Crippen molar-refractivity contribution >= 4 is 16.0 Å². The van der Waals surface area contributed by atoms with E-state index in [0.717, 1.165) is 28.8 Å². The molecule has 36 heavy (non-hydrogen) atoms. The fraction of sp³-hybridized carbons (Fsp3) is 0.519. The summed E-state index contributed by atoms with van der Waals surface area (Å²) < 4.78 is 42.5. The quantitative estimate of drug-likeness (QED) is 0.593. The number of phenols is 1. The molecule has 9 heteroatoms. The highest BCUT2D eigenvalue weighted by Gasteiger charge is 2.75. The summed E-state index contributed by atoms with van der Waals surface area (Å²) in [4.78, 5) is 14.8. The Labute approximate surface area is 211 Å². The predicted octanol–water partition coefficient (Wildman–Crippen LogP) is 2.54. The highest BCUT2D eigenvalue weighted by atomic mass is 32.2. The van der Waals surface area contributed by atoms with E-state index in [9.17, 15) is 18.3 Å². The first-order valence-electron chi connectivity index (χ1n) is 12.5. The van der Waals surface area contributed by atoms with Crippen LogP contribution in [-0.2, 0) is 37.1 Å². The van der Waals surface area contributed by atoms with Crippen LogP contribution >= 0.6 is 0 Å². The number of ether oxygens (including phenoxy) is 2. The third-order valence-corrected chi connectivity index (χ3v) is 10.3. The van der Waals surface area contributed by atoms with Crippen molar-refractivity contribution in [3.8, 4) is 11.5 Å². The van der Waals surface area contributed by atoms with Gasteiger partial charge in [-0.3, -0.25) is 9.69 Å². The van der Waals surface area contributed by atoms with Crippen LogP contribution in [0.5, 0.6) is 11.5 Å². The molecular weight excluding hydrogens is 480 g/mol. The second kappa shape index (κ2) is 7.94. The van der Waals surface area contributed by atoms with Gasteiger partial charge in [-0.15, -0.1) is 0 Å². The Morgan fingerprint density at radius 2 is 2.03 bits per heavy atom. The molecule has 2 aromatic carbocycles. The molecule has 1 saturated heterocycles. The van der Waals surface area contributed by atoms with Crippen molar-refractivity contribution < 1.29 is 27.8 Å². The molecule has 2 aliphatic carbocycles. The Kier molecular flexibility index (Phi) is 5.24. The lowest BCUT2D eigenvalue weighted by Crippen LogP contribution is -2.78. The van der Waals surface area contributed by atoms with E-state index >= 15 is 0 Å². The third kappa shape index (κ3) is 3.18. The van der Waals surface area contributed by atoms with E-state index in [4.69, 9.17) is 9.47 Å². The molecule has 6 rings (SSSR count). The number of phenolic OH excluding ortho intramolecular Hbond substituents is 1. The van der Waals surface area contributed by atoms with Gasteiger partial charge in [-0.1, -0.05) is 30.3 Å². The lowest BCUT2D eigenvalue weighted by atomic mass is 9.48. The second-order valence-electron chi connectivity index (χ2n) is 10.8. The monoisotopic (exact) mass is 512 g/mol. The number of nitrogens with zero attached hydrogens (tertiary/aromatic N) is 1. The number of nitrogens with one attached hydrogen (secondary N) is 1. The summed E-state index contributed by atoms with van der Waals surface area (Å²) in [7, 11) is -1.64. The van der Waals surface area contributed by atoms with Crippen LogP contribution in [0.3, 0.4) is 0 Å². The average molecular weight is 513 g/mol. The second-order valence-corrected chi connectivity index (χ2v) is 12.6. The van der Waals surface area contributed by atoms with Gasteiger partial charge in [0.15, 0.2) is 11.5 Å². The van der Waals surface area contributed by atoms with E-state index < -0.39 is 33.2 Å². The normalized spacial score (nSPS) is 32.5. The van der Waals surface area contributed by atoms with Crippen LogP contribution in [0.15, 0.2) is 36.4 Å². The molecule has 2 N–H and O–H groups in total. The maximum Gasteiger partial charge on any atom is 0.303 e. The SMILES string of the molecule is CC(=O)O[C@@]12CC[C@H](NS(=O)(=O)Cc3ccccc3C)[C@@H]3Oc4c(O)ccc5c4[C@@]31CCN(C)[C@@H]2C5. The van der Waals surface area contributed by atoms with E-state index in [1.807, 2.05) is 37.3 Å². The lowest BCUT2D eigenvalue weighted by molar-refractivity contribution is -0.215. The molecule has 2 aliphatic heterocycles. The van der Waals surface area contributed by atoms with Crippen molar-refractivity contribution in [1.82, 2.24) is 9.62 Å². The Hall–Kier alpha value is -2.62. The molecule has 192 valence electrons. The largest absolute Gasteiger partial charge is 0.504 e. The summed E-state index contributed by atoms with van der Waals surface area (Å²) in [5.41, 5.74) is 2.02. The molecule has 2 aromatic rings. The first kappa shape index (κ1) is 23.8. The number of aromatic hydroxyl groups is 1. The molecule has 2 fully saturated rings. The van der Waals surface area contributed by atoms with Gasteiger partial charge in [0.05, 0.1) is 23.3 Å².